The van der Waals surface area contributed by atoms with E-state index in [1.807, 2.05) is 0 Å². The van der Waals surface area contributed by atoms with Gasteiger partial charge in [-0.1, -0.05) is 0 Å². The van der Waals surface area contributed by atoms with Gasteiger partial charge in [-0.05, 0) is 43.0 Å². The van der Waals surface area contributed by atoms with E-state index in [2.05, 4.69) is 5.32 Å². The van der Waals surface area contributed by atoms with Crippen molar-refractivity contribution < 1.29 is 19.5 Å². The predicted molar refractivity (Wildman–Crippen MR) is 88.1 cm³/mol. The molecule has 2 saturated heterocycles. The number of carboxylic acids is 1. The number of urea groups is 1. The summed E-state index contributed by atoms with van der Waals surface area (Å²) in [6, 6.07) is 6.94. The molecule has 3 amide bonds. The van der Waals surface area contributed by atoms with E-state index in [9.17, 15) is 14.4 Å². The van der Waals surface area contributed by atoms with Crippen molar-refractivity contribution in [2.45, 2.75) is 19.3 Å². The normalized spacial score (nSPS) is 18.6. The van der Waals surface area contributed by atoms with Crippen molar-refractivity contribution in [1.82, 2.24) is 10.2 Å². The highest BCUT2D eigenvalue weighted by atomic mass is 16.4. The number of carboxylic acid groups (broad SMARTS) is 1. The lowest BCUT2D eigenvalue weighted by Crippen LogP contribution is -2.38. The maximum Gasteiger partial charge on any atom is 0.321 e. The van der Waals surface area contributed by atoms with Crippen LogP contribution in [-0.4, -0.2) is 54.1 Å². The minimum absolute atomic E-state index is 0.0406. The smallest absolute Gasteiger partial charge is 0.321 e. The molecule has 0 unspecified atom stereocenters. The zero-order valence-electron chi connectivity index (χ0n) is 13.4. The van der Waals surface area contributed by atoms with Crippen molar-refractivity contribution in [1.29, 1.82) is 0 Å². The van der Waals surface area contributed by atoms with Crippen LogP contribution in [0.15, 0.2) is 24.3 Å². The van der Waals surface area contributed by atoms with Crippen LogP contribution in [0.1, 0.15) is 29.6 Å². The molecule has 0 saturated carbocycles. The predicted octanol–water partition coefficient (Wildman–Crippen LogP) is 1.54. The summed E-state index contributed by atoms with van der Waals surface area (Å²) in [7, 11) is 0. The summed E-state index contributed by atoms with van der Waals surface area (Å²) in [6.45, 7) is 2.44. The van der Waals surface area contributed by atoms with Crippen molar-refractivity contribution in [2.75, 3.05) is 31.1 Å². The van der Waals surface area contributed by atoms with Crippen LogP contribution in [-0.2, 0) is 4.79 Å². The van der Waals surface area contributed by atoms with Gasteiger partial charge in [-0.3, -0.25) is 14.5 Å². The highest BCUT2D eigenvalue weighted by Gasteiger charge is 2.25. The van der Waals surface area contributed by atoms with Crippen LogP contribution in [0.25, 0.3) is 0 Å². The molecule has 1 aromatic carbocycles. The Morgan fingerprint density at radius 2 is 1.79 bits per heavy atom. The number of amides is 3. The summed E-state index contributed by atoms with van der Waals surface area (Å²) < 4.78 is 0. The van der Waals surface area contributed by atoms with Crippen molar-refractivity contribution >= 4 is 23.6 Å². The minimum Gasteiger partial charge on any atom is -0.481 e. The number of aliphatic carboxylic acids is 1. The number of rotatable bonds is 4. The Labute approximate surface area is 140 Å². The average Bonchev–Trinajstić information content (AvgIpc) is 3.00. The first-order chi connectivity index (χ1) is 11.5. The third-order valence-electron chi connectivity index (χ3n) is 4.65. The summed E-state index contributed by atoms with van der Waals surface area (Å²) >= 11 is 0. The number of anilines is 1. The lowest BCUT2D eigenvalue weighted by Gasteiger charge is -2.31. The van der Waals surface area contributed by atoms with E-state index in [-0.39, 0.29) is 24.3 Å². The van der Waals surface area contributed by atoms with Crippen LogP contribution in [0, 0.1) is 5.92 Å². The molecule has 0 radical (unpaired) electrons. The van der Waals surface area contributed by atoms with Gasteiger partial charge in [-0.2, -0.15) is 0 Å². The Hall–Kier alpha value is -2.57. The first-order valence-electron chi connectivity index (χ1n) is 8.21. The summed E-state index contributed by atoms with van der Waals surface area (Å²) in [4.78, 5) is 38.4. The van der Waals surface area contributed by atoms with Crippen LogP contribution < -0.4 is 10.2 Å². The summed E-state index contributed by atoms with van der Waals surface area (Å²) in [5.41, 5.74) is 1.37. The second kappa shape index (κ2) is 6.90. The molecule has 7 heteroatoms. The Morgan fingerprint density at radius 3 is 2.33 bits per heavy atom. The van der Waals surface area contributed by atoms with E-state index in [4.69, 9.17) is 5.11 Å². The zero-order valence-corrected chi connectivity index (χ0v) is 13.4. The highest BCUT2D eigenvalue weighted by Crippen LogP contribution is 2.23. The highest BCUT2D eigenvalue weighted by molar-refractivity contribution is 5.97. The molecule has 128 valence electrons. The van der Waals surface area contributed by atoms with Gasteiger partial charge in [0.15, 0.2) is 0 Å². The molecule has 2 fully saturated rings. The molecule has 3 rings (SSSR count). The van der Waals surface area contributed by atoms with Crippen molar-refractivity contribution in [3.63, 3.8) is 0 Å². The number of carbonyl (C=O) groups is 3. The van der Waals surface area contributed by atoms with Gasteiger partial charge in [0.25, 0.3) is 5.91 Å². The van der Waals surface area contributed by atoms with Crippen LogP contribution in [0.5, 0.6) is 0 Å². The maximum absolute atomic E-state index is 12.5. The van der Waals surface area contributed by atoms with Crippen LogP contribution in [0.4, 0.5) is 10.5 Å². The zero-order chi connectivity index (χ0) is 17.1. The van der Waals surface area contributed by atoms with E-state index >= 15 is 0 Å². The topological polar surface area (TPSA) is 89.9 Å². The Balaban J connectivity index is 1.59. The Bertz CT molecular complexity index is 636. The molecule has 7 nitrogen and oxygen atoms in total. The molecule has 0 bridgehead atoms. The van der Waals surface area contributed by atoms with Crippen molar-refractivity contribution in [3.05, 3.63) is 29.8 Å². The van der Waals surface area contributed by atoms with Crippen molar-refractivity contribution in [3.8, 4) is 0 Å². The van der Waals surface area contributed by atoms with Gasteiger partial charge in [-0.25, -0.2) is 4.79 Å². The molecule has 0 atom stereocenters. The number of nitrogens with one attached hydrogen (secondary N) is 1. The number of hydrogen-bond acceptors (Lipinski definition) is 3. The third-order valence-corrected chi connectivity index (χ3v) is 4.65. The van der Waals surface area contributed by atoms with Gasteiger partial charge in [-0.15, -0.1) is 0 Å². The largest absolute Gasteiger partial charge is 0.481 e. The molecule has 2 N–H and O–H groups in total. The van der Waals surface area contributed by atoms with E-state index in [1.165, 1.54) is 0 Å². The Kier molecular flexibility index (Phi) is 4.69. The molecular formula is C17H21N3O4. The molecule has 2 heterocycles. The van der Waals surface area contributed by atoms with Crippen LogP contribution in [0.3, 0.4) is 0 Å². The lowest BCUT2D eigenvalue weighted by molar-refractivity contribution is -0.138. The average molecular weight is 331 g/mol. The summed E-state index contributed by atoms with van der Waals surface area (Å²) in [6.07, 6.45) is 1.63. The first-order valence-corrected chi connectivity index (χ1v) is 8.21. The summed E-state index contributed by atoms with van der Waals surface area (Å²) in [5.74, 6) is -0.662. The SMILES string of the molecule is O=C(O)CC1CCN(C(=O)c2ccc(N3CCNC3=O)cc2)CC1. The monoisotopic (exact) mass is 331 g/mol. The van der Waals surface area contributed by atoms with E-state index in [0.717, 1.165) is 18.5 Å². The Morgan fingerprint density at radius 1 is 1.12 bits per heavy atom. The number of carbonyl (C=O) groups excluding carboxylic acids is 2. The maximum atomic E-state index is 12.5. The number of benzene rings is 1. The molecule has 2 aliphatic rings. The number of hydrogen-bond donors (Lipinski definition) is 2. The van der Waals surface area contributed by atoms with Crippen LogP contribution >= 0.6 is 0 Å². The van der Waals surface area contributed by atoms with E-state index < -0.39 is 5.97 Å². The van der Waals surface area contributed by atoms with Crippen molar-refractivity contribution in [2.24, 2.45) is 5.92 Å². The van der Waals surface area contributed by atoms with Gasteiger partial charge >= 0.3 is 12.0 Å². The second-order valence-corrected chi connectivity index (χ2v) is 6.26. The molecule has 24 heavy (non-hydrogen) atoms. The number of likely N-dealkylation sites (tertiary alicyclic amines) is 1. The standard InChI is InChI=1S/C17H21N3O4/c21-15(22)11-12-5-8-19(9-6-12)16(23)13-1-3-14(4-2-13)20-10-7-18-17(20)24/h1-4,12H,5-11H2,(H,18,24)(H,21,22). The molecule has 1 aromatic rings. The quantitative estimate of drug-likeness (QED) is 0.876. The second-order valence-electron chi connectivity index (χ2n) is 6.26. The first kappa shape index (κ1) is 16.3. The van der Waals surface area contributed by atoms with Gasteiger partial charge in [0.2, 0.25) is 0 Å². The molecule has 0 aliphatic carbocycles. The minimum atomic E-state index is -0.777. The molecule has 0 aromatic heterocycles. The third kappa shape index (κ3) is 3.50. The van der Waals surface area contributed by atoms with Gasteiger partial charge in [0.1, 0.15) is 0 Å². The molecule has 2 aliphatic heterocycles. The fourth-order valence-electron chi connectivity index (χ4n) is 3.27. The fraction of sp³-hybridized carbons (Fsp3) is 0.471. The number of nitrogens with zero attached hydrogens (tertiary/aromatic N) is 2. The number of piperidine rings is 1. The van der Waals surface area contributed by atoms with Gasteiger partial charge < -0.3 is 15.3 Å². The fourth-order valence-corrected chi connectivity index (χ4v) is 3.27. The summed E-state index contributed by atoms with van der Waals surface area (Å²) in [5, 5.41) is 11.6. The van der Waals surface area contributed by atoms with Gasteiger partial charge in [0, 0.05) is 43.9 Å². The molecular weight excluding hydrogens is 310 g/mol. The molecule has 0 spiro atoms. The van der Waals surface area contributed by atoms with Gasteiger partial charge in [0.05, 0.1) is 0 Å². The van der Waals surface area contributed by atoms with E-state index in [1.54, 1.807) is 34.1 Å². The van der Waals surface area contributed by atoms with Crippen LogP contribution in [0.2, 0.25) is 0 Å². The lowest BCUT2D eigenvalue weighted by atomic mass is 9.93. The van der Waals surface area contributed by atoms with E-state index in [0.29, 0.717) is 31.7 Å².